The van der Waals surface area contributed by atoms with Gasteiger partial charge in [-0.2, -0.15) is 24.0 Å². The summed E-state index contributed by atoms with van der Waals surface area (Å²) in [6.07, 6.45) is 4.22. The Labute approximate surface area is 228 Å². The molecule has 13 heteroatoms. The summed E-state index contributed by atoms with van der Waals surface area (Å²) in [4.78, 5) is 39.6. The molecule has 2 aliphatic rings. The molecule has 2 amide bonds. The molecule has 3 N–H and O–H groups in total. The van der Waals surface area contributed by atoms with Crippen molar-refractivity contribution in [2.75, 3.05) is 26.1 Å². The number of ether oxygens (including phenoxy) is 1. The summed E-state index contributed by atoms with van der Waals surface area (Å²) in [5, 5.41) is 2.38. The Bertz CT molecular complexity index is 1460. The van der Waals surface area contributed by atoms with Gasteiger partial charge in [-0.1, -0.05) is 6.08 Å². The highest BCUT2D eigenvalue weighted by molar-refractivity contribution is 6.05. The van der Waals surface area contributed by atoms with Crippen LogP contribution in [0.4, 0.5) is 19.0 Å². The third-order valence-electron chi connectivity index (χ3n) is 6.40. The van der Waals surface area contributed by atoms with Crippen LogP contribution in [0, 0.1) is 0 Å². The van der Waals surface area contributed by atoms with Crippen molar-refractivity contribution in [3.05, 3.63) is 95.2 Å². The summed E-state index contributed by atoms with van der Waals surface area (Å²) in [6, 6.07) is 7.40. The van der Waals surface area contributed by atoms with Gasteiger partial charge in [0.1, 0.15) is 17.7 Å². The van der Waals surface area contributed by atoms with Gasteiger partial charge >= 0.3 is 6.18 Å². The van der Waals surface area contributed by atoms with E-state index in [2.05, 4.69) is 15.3 Å². The summed E-state index contributed by atoms with van der Waals surface area (Å²) in [5.74, 6) is 6.08. The molecule has 0 saturated heterocycles. The zero-order valence-corrected chi connectivity index (χ0v) is 21.9. The van der Waals surface area contributed by atoms with Crippen molar-refractivity contribution in [2.45, 2.75) is 19.1 Å². The van der Waals surface area contributed by atoms with Crippen molar-refractivity contribution in [3.63, 3.8) is 0 Å². The summed E-state index contributed by atoms with van der Waals surface area (Å²) >= 11 is 0. The van der Waals surface area contributed by atoms with Crippen molar-refractivity contribution in [2.24, 2.45) is 15.8 Å². The van der Waals surface area contributed by atoms with Gasteiger partial charge in [0.05, 0.1) is 36.2 Å². The number of likely N-dealkylation sites (N-methyl/N-ethyl adjacent to an activating group) is 1. The second-order valence-electron chi connectivity index (χ2n) is 9.00. The van der Waals surface area contributed by atoms with Gasteiger partial charge in [-0.25, -0.2) is 4.98 Å². The number of alkyl halides is 3. The number of rotatable bonds is 8. The molecular formula is C27H27F3N7O3+. The van der Waals surface area contributed by atoms with Crippen molar-refractivity contribution in [1.82, 2.24) is 9.88 Å². The third kappa shape index (κ3) is 5.76. The first kappa shape index (κ1) is 28.5. The number of benzene rings is 1. The topological polar surface area (TPSA) is 122 Å². The van der Waals surface area contributed by atoms with E-state index in [-0.39, 0.29) is 21.9 Å². The Balaban J connectivity index is 1.57. The van der Waals surface area contributed by atoms with Crippen molar-refractivity contribution < 1.29 is 32.1 Å². The number of nitrogens with two attached hydrogens (primary N) is 1. The van der Waals surface area contributed by atoms with E-state index in [9.17, 15) is 22.8 Å². The number of allylic oxidation sites excluding steroid dienone is 1. The first-order valence-corrected chi connectivity index (χ1v) is 12.0. The number of hydrogen-bond acceptors (Lipinski definition) is 7. The van der Waals surface area contributed by atoms with Gasteiger partial charge in [-0.15, -0.1) is 4.59 Å². The number of amidine groups is 1. The van der Waals surface area contributed by atoms with Gasteiger partial charge in [0.25, 0.3) is 11.7 Å². The van der Waals surface area contributed by atoms with Crippen LogP contribution in [0.1, 0.15) is 28.4 Å². The van der Waals surface area contributed by atoms with Gasteiger partial charge in [0.15, 0.2) is 0 Å². The highest BCUT2D eigenvalue weighted by Gasteiger charge is 2.46. The zero-order valence-electron chi connectivity index (χ0n) is 21.9. The van der Waals surface area contributed by atoms with Gasteiger partial charge in [-0.3, -0.25) is 14.6 Å². The van der Waals surface area contributed by atoms with E-state index in [1.807, 2.05) is 6.92 Å². The van der Waals surface area contributed by atoms with Crippen LogP contribution in [-0.2, 0) is 15.7 Å². The molecule has 0 spiro atoms. The minimum absolute atomic E-state index is 0.191. The quantitative estimate of drug-likeness (QED) is 0.293. The van der Waals surface area contributed by atoms with Gasteiger partial charge in [-0.05, 0) is 43.3 Å². The minimum atomic E-state index is -4.56. The van der Waals surface area contributed by atoms with Crippen LogP contribution in [0.3, 0.4) is 0 Å². The molecule has 0 aliphatic carbocycles. The molecule has 10 nitrogen and oxygen atoms in total. The monoisotopic (exact) mass is 554 g/mol. The number of quaternary nitrogens is 1. The van der Waals surface area contributed by atoms with Crippen LogP contribution in [0.2, 0.25) is 0 Å². The van der Waals surface area contributed by atoms with Crippen LogP contribution in [0.15, 0.2) is 88.5 Å². The maximum Gasteiger partial charge on any atom is 0.416 e. The number of aromatic nitrogens is 1. The molecule has 0 bridgehead atoms. The fraction of sp³-hybridized carbons (Fsp3) is 0.222. The van der Waals surface area contributed by atoms with Gasteiger partial charge in [0, 0.05) is 32.0 Å². The number of amides is 2. The number of carbonyl (C=O) groups is 2. The maximum atomic E-state index is 13.0. The Morgan fingerprint density at radius 1 is 1.23 bits per heavy atom. The Hall–Kier alpha value is -4.46. The third-order valence-corrected chi connectivity index (χ3v) is 6.40. The number of pyridine rings is 1. The van der Waals surface area contributed by atoms with E-state index in [1.165, 1.54) is 30.2 Å². The lowest BCUT2D eigenvalue weighted by Crippen LogP contribution is -2.53. The lowest BCUT2D eigenvalue weighted by Gasteiger charge is -2.27. The number of hydrogen-bond donors (Lipinski definition) is 2. The zero-order chi connectivity index (χ0) is 29.1. The number of nitrogens with zero attached hydrogens (tertiary/aromatic N) is 5. The first-order chi connectivity index (χ1) is 19.0. The first-order valence-electron chi connectivity index (χ1n) is 12.0. The summed E-state index contributed by atoms with van der Waals surface area (Å²) < 4.78 is 43.6. The Kier molecular flexibility index (Phi) is 8.09. The van der Waals surface area contributed by atoms with E-state index in [4.69, 9.17) is 15.6 Å². The number of anilines is 1. The molecule has 2 atom stereocenters. The van der Waals surface area contributed by atoms with Crippen LogP contribution >= 0.6 is 0 Å². The molecule has 2 aromatic rings. The van der Waals surface area contributed by atoms with Crippen LogP contribution < -0.4 is 11.2 Å². The van der Waals surface area contributed by atoms with E-state index in [0.717, 1.165) is 18.3 Å². The largest absolute Gasteiger partial charge is 0.416 e. The molecule has 4 rings (SSSR count). The number of carbonyl (C=O) groups excluding carboxylic acids is 2. The van der Waals surface area contributed by atoms with Crippen LogP contribution in [0.25, 0.3) is 0 Å². The van der Waals surface area contributed by atoms with Crippen molar-refractivity contribution in [1.29, 1.82) is 0 Å². The lowest BCUT2D eigenvalue weighted by atomic mass is 10.1. The van der Waals surface area contributed by atoms with E-state index in [1.54, 1.807) is 43.9 Å². The molecule has 0 fully saturated rings. The second-order valence-corrected chi connectivity index (χ2v) is 9.00. The van der Waals surface area contributed by atoms with Crippen LogP contribution in [0.5, 0.6) is 0 Å². The molecule has 2 aliphatic heterocycles. The van der Waals surface area contributed by atoms with Crippen molar-refractivity contribution in [3.8, 4) is 0 Å². The van der Waals surface area contributed by atoms with Crippen molar-refractivity contribution >= 4 is 29.7 Å². The maximum absolute atomic E-state index is 13.0. The smallest absolute Gasteiger partial charge is 0.381 e. The molecule has 0 saturated carbocycles. The van der Waals surface area contributed by atoms with E-state index < -0.39 is 23.7 Å². The summed E-state index contributed by atoms with van der Waals surface area (Å²) in [7, 11) is 3.18. The van der Waals surface area contributed by atoms with Gasteiger partial charge in [0.2, 0.25) is 11.6 Å². The average molecular weight is 555 g/mol. The molecular weight excluding hydrogens is 527 g/mol. The van der Waals surface area contributed by atoms with Crippen LogP contribution in [-0.4, -0.2) is 65.1 Å². The fourth-order valence-electron chi connectivity index (χ4n) is 4.08. The predicted molar refractivity (Wildman–Crippen MR) is 143 cm³/mol. The molecule has 2 unspecified atom stereocenters. The normalized spacial score (nSPS) is 19.0. The molecule has 1 aromatic heterocycles. The van der Waals surface area contributed by atoms with E-state index in [0.29, 0.717) is 29.4 Å². The molecule has 40 heavy (non-hydrogen) atoms. The van der Waals surface area contributed by atoms with Gasteiger partial charge < -0.3 is 15.0 Å². The number of halogens is 3. The Morgan fingerprint density at radius 2 is 1.95 bits per heavy atom. The number of nitrogens with one attached hydrogen (secondary N) is 1. The molecule has 208 valence electrons. The second kappa shape index (κ2) is 11.3. The molecule has 1 aromatic carbocycles. The molecule has 0 radical (unpaired) electrons. The molecule has 3 heterocycles. The standard InChI is InChI=1S/C27H26F3N7O3/c1-17(36(2)23(38)5-4-14-40-3)24-21-16-32-12-13-37(21,31)25(35-24)18-6-8-19(9-7-18)26(39)34-22-15-20(10-11-33-22)27(28,29)30/h4-13,15-17H,14,31H2,1-3H3/p+1/b5-4+. The number of aliphatic imine (C=N–C) groups is 2. The summed E-state index contributed by atoms with van der Waals surface area (Å²) in [6.45, 7) is 2.12. The minimum Gasteiger partial charge on any atom is -0.381 e. The lowest BCUT2D eigenvalue weighted by molar-refractivity contribution is -0.750. The SMILES string of the molecule is COC/C=C/C(=O)N(C)C(C)C1=C2C=NC=C[N+]2(N)C(c2ccc(C(=O)Nc3cc(C(F)(F)F)ccn3)cc2)=N1. The predicted octanol–water partition coefficient (Wildman–Crippen LogP) is 3.62. The number of fused-ring (bicyclic) bond motifs is 1. The summed E-state index contributed by atoms with van der Waals surface area (Å²) in [5.41, 5.74) is 0.969. The highest BCUT2D eigenvalue weighted by atomic mass is 19.4. The fourth-order valence-corrected chi connectivity index (χ4v) is 4.08. The highest BCUT2D eigenvalue weighted by Crippen LogP contribution is 2.34. The average Bonchev–Trinajstić information content (AvgIpc) is 3.25. The Morgan fingerprint density at radius 3 is 2.62 bits per heavy atom. The number of methoxy groups -OCH3 is 1. The van der Waals surface area contributed by atoms with E-state index >= 15 is 0 Å².